The van der Waals surface area contributed by atoms with E-state index in [0.29, 0.717) is 6.54 Å². The maximum Gasteiger partial charge on any atom is 0.417 e. The van der Waals surface area contributed by atoms with Crippen molar-refractivity contribution in [3.63, 3.8) is 0 Å². The summed E-state index contributed by atoms with van der Waals surface area (Å²) in [6.45, 7) is 11.2. The molecule has 0 saturated carbocycles. The Balaban J connectivity index is 1.97. The Morgan fingerprint density at radius 2 is 1.64 bits per heavy atom. The van der Waals surface area contributed by atoms with Gasteiger partial charge in [0.05, 0.1) is 5.56 Å². The molecule has 0 bridgehead atoms. The van der Waals surface area contributed by atoms with Crippen LogP contribution in [0, 0.1) is 0 Å². The van der Waals surface area contributed by atoms with E-state index in [4.69, 9.17) is 0 Å². The number of hydrogen-bond acceptors (Lipinski definition) is 2. The zero-order valence-corrected chi connectivity index (χ0v) is 14.8. The Labute approximate surface area is 138 Å². The van der Waals surface area contributed by atoms with Crippen molar-refractivity contribution in [2.75, 3.05) is 26.2 Å². The van der Waals surface area contributed by atoms with Crippen LogP contribution in [0.2, 0.25) is 0 Å². The molecule has 0 spiro atoms. The van der Waals surface area contributed by atoms with Gasteiger partial charge >= 0.3 is 6.18 Å². The lowest BCUT2D eigenvalue weighted by Crippen LogP contribution is -2.53. The maximum absolute atomic E-state index is 12.7. The minimum atomic E-state index is -4.31. The highest BCUT2D eigenvalue weighted by Gasteiger charge is 2.33. The largest absolute Gasteiger partial charge is 0.417 e. The van der Waals surface area contributed by atoms with Gasteiger partial charge in [0.15, 0.2) is 0 Å². The van der Waals surface area contributed by atoms with Gasteiger partial charge in [-0.05, 0) is 38.5 Å². The summed E-state index contributed by atoms with van der Waals surface area (Å²) in [6.07, 6.45) is -4.31. The van der Waals surface area contributed by atoms with Crippen molar-refractivity contribution < 1.29 is 13.2 Å². The van der Waals surface area contributed by atoms with Crippen molar-refractivity contribution in [2.45, 2.75) is 39.0 Å². The smallest absolute Gasteiger partial charge is 0.297 e. The average Bonchev–Trinajstić information content (AvgIpc) is 2.36. The summed E-state index contributed by atoms with van der Waals surface area (Å²) in [6, 6.07) is 4.31. The van der Waals surface area contributed by atoms with E-state index in [2.05, 4.69) is 46.5 Å². The molecule has 22 heavy (non-hydrogen) atoms. The highest BCUT2D eigenvalue weighted by molar-refractivity contribution is 9.10. The summed E-state index contributed by atoms with van der Waals surface area (Å²) in [5, 5.41) is 0. The molecule has 1 aromatic rings. The van der Waals surface area contributed by atoms with Crippen LogP contribution in [0.1, 0.15) is 31.9 Å². The van der Waals surface area contributed by atoms with Crippen molar-refractivity contribution in [1.82, 2.24) is 9.80 Å². The Morgan fingerprint density at radius 3 is 2.09 bits per heavy atom. The molecule has 2 rings (SSSR count). The predicted molar refractivity (Wildman–Crippen MR) is 85.7 cm³/mol. The Morgan fingerprint density at radius 1 is 1.05 bits per heavy atom. The van der Waals surface area contributed by atoms with Crippen LogP contribution >= 0.6 is 15.9 Å². The van der Waals surface area contributed by atoms with E-state index in [1.807, 2.05) is 0 Å². The van der Waals surface area contributed by atoms with Gasteiger partial charge in [-0.1, -0.05) is 22.0 Å². The van der Waals surface area contributed by atoms with E-state index in [1.165, 1.54) is 0 Å². The van der Waals surface area contributed by atoms with E-state index in [0.717, 1.165) is 37.8 Å². The first kappa shape index (κ1) is 17.8. The molecule has 0 atom stereocenters. The molecule has 6 heteroatoms. The molecule has 1 saturated heterocycles. The van der Waals surface area contributed by atoms with Gasteiger partial charge in [-0.2, -0.15) is 13.2 Å². The zero-order valence-electron chi connectivity index (χ0n) is 13.2. The van der Waals surface area contributed by atoms with Crippen LogP contribution in [0.4, 0.5) is 13.2 Å². The first-order valence-corrected chi connectivity index (χ1v) is 8.20. The monoisotopic (exact) mass is 378 g/mol. The quantitative estimate of drug-likeness (QED) is 0.753. The Bertz CT molecular complexity index is 515. The zero-order chi connectivity index (χ0) is 16.5. The van der Waals surface area contributed by atoms with Gasteiger partial charge in [0, 0.05) is 42.7 Å². The topological polar surface area (TPSA) is 6.48 Å². The molecule has 0 N–H and O–H groups in total. The van der Waals surface area contributed by atoms with Gasteiger partial charge in [-0.25, -0.2) is 0 Å². The third-order valence-corrected chi connectivity index (χ3v) is 4.72. The van der Waals surface area contributed by atoms with Crippen LogP contribution in [-0.4, -0.2) is 41.5 Å². The standard InChI is InChI=1S/C16H22BrF3N2/c1-15(2,3)22-8-6-21(7-9-22)11-12-4-5-13(14(17)10-12)16(18,19)20/h4-5,10H,6-9,11H2,1-3H3. The molecule has 0 radical (unpaired) electrons. The summed E-state index contributed by atoms with van der Waals surface area (Å²) < 4.78 is 38.4. The molecule has 0 amide bonds. The molecular formula is C16H22BrF3N2. The molecular weight excluding hydrogens is 357 g/mol. The molecule has 124 valence electrons. The Hall–Kier alpha value is -0.590. The summed E-state index contributed by atoms with van der Waals surface area (Å²) in [4.78, 5) is 4.73. The molecule has 2 nitrogen and oxygen atoms in total. The number of hydrogen-bond donors (Lipinski definition) is 0. The van der Waals surface area contributed by atoms with E-state index < -0.39 is 11.7 Å². The minimum Gasteiger partial charge on any atom is -0.297 e. The summed E-state index contributed by atoms with van der Waals surface area (Å²) in [7, 11) is 0. The summed E-state index contributed by atoms with van der Waals surface area (Å²) in [5.74, 6) is 0. The SMILES string of the molecule is CC(C)(C)N1CCN(Cc2ccc(C(F)(F)F)c(Br)c2)CC1. The predicted octanol–water partition coefficient (Wildman–Crippen LogP) is 4.38. The van der Waals surface area contributed by atoms with Gasteiger partial charge in [0.2, 0.25) is 0 Å². The number of halogens is 4. The van der Waals surface area contributed by atoms with Crippen LogP contribution in [-0.2, 0) is 12.7 Å². The first-order valence-electron chi connectivity index (χ1n) is 7.40. The van der Waals surface area contributed by atoms with E-state index in [1.54, 1.807) is 12.1 Å². The van der Waals surface area contributed by atoms with Crippen LogP contribution in [0.5, 0.6) is 0 Å². The molecule has 1 heterocycles. The molecule has 0 aliphatic carbocycles. The highest BCUT2D eigenvalue weighted by atomic mass is 79.9. The van der Waals surface area contributed by atoms with Gasteiger partial charge in [-0.15, -0.1) is 0 Å². The van der Waals surface area contributed by atoms with Crippen molar-refractivity contribution in [3.8, 4) is 0 Å². The number of alkyl halides is 3. The van der Waals surface area contributed by atoms with E-state index >= 15 is 0 Å². The molecule has 1 aromatic carbocycles. The Kier molecular flexibility index (Phi) is 5.24. The highest BCUT2D eigenvalue weighted by Crippen LogP contribution is 2.35. The molecule has 1 fully saturated rings. The van der Waals surface area contributed by atoms with Crippen molar-refractivity contribution >= 4 is 15.9 Å². The summed E-state index contributed by atoms with van der Waals surface area (Å²) in [5.41, 5.74) is 0.460. The number of benzene rings is 1. The number of nitrogens with zero attached hydrogens (tertiary/aromatic N) is 2. The van der Waals surface area contributed by atoms with Gasteiger partial charge in [-0.3, -0.25) is 9.80 Å². The molecule has 0 aromatic heterocycles. The van der Waals surface area contributed by atoms with Crippen LogP contribution in [0.15, 0.2) is 22.7 Å². The van der Waals surface area contributed by atoms with E-state index in [9.17, 15) is 13.2 Å². The van der Waals surface area contributed by atoms with Gasteiger partial charge in [0.25, 0.3) is 0 Å². The van der Waals surface area contributed by atoms with Crippen LogP contribution < -0.4 is 0 Å². The molecule has 0 unspecified atom stereocenters. The molecule has 1 aliphatic rings. The first-order chi connectivity index (χ1) is 10.1. The lowest BCUT2D eigenvalue weighted by atomic mass is 10.0. The lowest BCUT2D eigenvalue weighted by Gasteiger charge is -2.42. The third-order valence-electron chi connectivity index (χ3n) is 4.07. The summed E-state index contributed by atoms with van der Waals surface area (Å²) >= 11 is 3.04. The van der Waals surface area contributed by atoms with Crippen LogP contribution in [0.3, 0.4) is 0 Å². The fourth-order valence-corrected chi connectivity index (χ4v) is 3.37. The fourth-order valence-electron chi connectivity index (χ4n) is 2.72. The van der Waals surface area contributed by atoms with Crippen molar-refractivity contribution in [1.29, 1.82) is 0 Å². The minimum absolute atomic E-state index is 0.117. The van der Waals surface area contributed by atoms with Gasteiger partial charge < -0.3 is 0 Å². The average molecular weight is 379 g/mol. The number of piperazine rings is 1. The van der Waals surface area contributed by atoms with Crippen LogP contribution in [0.25, 0.3) is 0 Å². The second-order valence-corrected chi connectivity index (χ2v) is 7.60. The van der Waals surface area contributed by atoms with E-state index in [-0.39, 0.29) is 10.0 Å². The lowest BCUT2D eigenvalue weighted by molar-refractivity contribution is -0.138. The van der Waals surface area contributed by atoms with Gasteiger partial charge in [0.1, 0.15) is 0 Å². The normalized spacial score (nSPS) is 18.7. The van der Waals surface area contributed by atoms with Crippen molar-refractivity contribution in [2.24, 2.45) is 0 Å². The molecule has 1 aliphatic heterocycles. The second kappa shape index (κ2) is 6.49. The number of rotatable bonds is 2. The maximum atomic E-state index is 12.7. The third kappa shape index (κ3) is 4.46. The second-order valence-electron chi connectivity index (χ2n) is 6.75. The van der Waals surface area contributed by atoms with Crippen molar-refractivity contribution in [3.05, 3.63) is 33.8 Å². The fraction of sp³-hybridized carbons (Fsp3) is 0.625.